The highest BCUT2D eigenvalue weighted by molar-refractivity contribution is 7.91. The first-order chi connectivity index (χ1) is 22.3. The van der Waals surface area contributed by atoms with Crippen molar-refractivity contribution in [2.45, 2.75) is 33.7 Å². The number of esters is 1. The largest absolute Gasteiger partial charge is 0.465 e. The molecule has 47 heavy (non-hydrogen) atoms. The summed E-state index contributed by atoms with van der Waals surface area (Å²) in [5.41, 5.74) is 4.76. The van der Waals surface area contributed by atoms with E-state index in [9.17, 15) is 23.3 Å². The van der Waals surface area contributed by atoms with Gasteiger partial charge in [-0.15, -0.1) is 10.2 Å². The monoisotopic (exact) mass is 661 g/mol. The molecule has 1 aromatic heterocycles. The molecule has 1 atom stereocenters. The molecule has 0 radical (unpaired) electrons. The lowest BCUT2D eigenvalue weighted by Crippen LogP contribution is -2.47. The second-order valence-corrected chi connectivity index (χ2v) is 15.6. The van der Waals surface area contributed by atoms with Crippen LogP contribution in [0.5, 0.6) is 0 Å². The van der Waals surface area contributed by atoms with Gasteiger partial charge in [0.05, 0.1) is 35.6 Å². The molecule has 3 aromatic rings. The van der Waals surface area contributed by atoms with Gasteiger partial charge in [0.25, 0.3) is 5.69 Å². The number of nitro groups is 1. The van der Waals surface area contributed by atoms with E-state index in [2.05, 4.69) is 58.1 Å². The molecular formula is C33H39N7O6S. The molecule has 0 amide bonds. The number of carbonyl (C=O) groups excluding carboxylic acids is 1. The molecule has 0 saturated carbocycles. The van der Waals surface area contributed by atoms with Crippen molar-refractivity contribution < 1.29 is 22.9 Å². The number of allylic oxidation sites excluding steroid dienone is 2. The minimum atomic E-state index is -2.96. The summed E-state index contributed by atoms with van der Waals surface area (Å²) in [5.74, 6) is 0.218. The predicted molar refractivity (Wildman–Crippen MR) is 178 cm³/mol. The Morgan fingerprint density at radius 2 is 1.74 bits per heavy atom. The second kappa shape index (κ2) is 12.3. The third-order valence-corrected chi connectivity index (χ3v) is 11.3. The first-order valence-corrected chi connectivity index (χ1v) is 17.5. The van der Waals surface area contributed by atoms with Crippen molar-refractivity contribution in [2.24, 2.45) is 10.8 Å². The van der Waals surface area contributed by atoms with Crippen LogP contribution in [-0.4, -0.2) is 95.8 Å². The highest BCUT2D eigenvalue weighted by atomic mass is 32.2. The molecule has 13 nitrogen and oxygen atoms in total. The van der Waals surface area contributed by atoms with Gasteiger partial charge >= 0.3 is 5.97 Å². The number of methoxy groups -OCH3 is 1. The number of tetrazole rings is 1. The smallest absolute Gasteiger partial charge is 0.337 e. The maximum Gasteiger partial charge on any atom is 0.337 e. The topological polar surface area (TPSA) is 154 Å². The number of nitro benzene ring substituents is 1. The fourth-order valence-corrected chi connectivity index (χ4v) is 8.46. The Morgan fingerprint density at radius 1 is 1.02 bits per heavy atom. The number of rotatable bonds is 8. The molecule has 6 rings (SSSR count). The zero-order chi connectivity index (χ0) is 33.6. The first kappa shape index (κ1) is 32.5. The van der Waals surface area contributed by atoms with Gasteiger partial charge in [0.1, 0.15) is 0 Å². The number of fused-ring (bicyclic) bond motifs is 1. The number of benzene rings is 2. The molecule has 14 heteroatoms. The van der Waals surface area contributed by atoms with Crippen molar-refractivity contribution in [3.05, 3.63) is 81.4 Å². The van der Waals surface area contributed by atoms with Gasteiger partial charge in [0.15, 0.2) is 9.84 Å². The Morgan fingerprint density at radius 3 is 2.43 bits per heavy atom. The van der Waals surface area contributed by atoms with Crippen molar-refractivity contribution in [1.82, 2.24) is 25.1 Å². The summed E-state index contributed by atoms with van der Waals surface area (Å²) in [6.45, 7) is 9.88. The van der Waals surface area contributed by atoms with Gasteiger partial charge in [-0.2, -0.15) is 4.80 Å². The summed E-state index contributed by atoms with van der Waals surface area (Å²) in [4.78, 5) is 29.2. The Balaban J connectivity index is 1.21. The number of hydrogen-bond acceptors (Lipinski definition) is 11. The van der Waals surface area contributed by atoms with E-state index in [1.54, 1.807) is 18.2 Å². The van der Waals surface area contributed by atoms with Crippen LogP contribution in [-0.2, 0) is 21.1 Å². The molecule has 0 N–H and O–H groups in total. The number of aromatic nitrogens is 4. The van der Waals surface area contributed by atoms with Crippen molar-refractivity contribution in [3.63, 3.8) is 0 Å². The average molecular weight is 662 g/mol. The molecule has 2 aromatic carbocycles. The van der Waals surface area contributed by atoms with E-state index < -0.39 is 14.8 Å². The van der Waals surface area contributed by atoms with E-state index in [1.807, 2.05) is 18.2 Å². The lowest BCUT2D eigenvalue weighted by atomic mass is 9.58. The number of ether oxygens (including phenoxy) is 1. The van der Waals surface area contributed by atoms with Crippen molar-refractivity contribution in [3.8, 4) is 11.4 Å². The van der Waals surface area contributed by atoms with E-state index in [1.165, 1.54) is 29.1 Å². The summed E-state index contributed by atoms with van der Waals surface area (Å²) in [5, 5.41) is 24.9. The predicted octanol–water partition coefficient (Wildman–Crippen LogP) is 4.03. The van der Waals surface area contributed by atoms with Gasteiger partial charge in [-0.05, 0) is 41.0 Å². The van der Waals surface area contributed by atoms with E-state index >= 15 is 0 Å². The van der Waals surface area contributed by atoms with Crippen LogP contribution in [0.4, 0.5) is 11.4 Å². The molecule has 2 aliphatic heterocycles. The molecule has 1 fully saturated rings. The number of anilines is 1. The van der Waals surface area contributed by atoms with Crippen LogP contribution >= 0.6 is 0 Å². The highest BCUT2D eigenvalue weighted by Gasteiger charge is 2.46. The van der Waals surface area contributed by atoms with Gasteiger partial charge in [0.2, 0.25) is 5.82 Å². The number of nitrogens with zero attached hydrogens (tertiary/aromatic N) is 7. The number of carbonyl (C=O) groups is 1. The molecule has 0 bridgehead atoms. The highest BCUT2D eigenvalue weighted by Crippen LogP contribution is 2.55. The second-order valence-electron chi connectivity index (χ2n) is 13.3. The molecule has 1 saturated heterocycles. The third kappa shape index (κ3) is 6.57. The molecular weight excluding hydrogens is 622 g/mol. The standard InChI is InChI=1S/C33H39N7O6S/c1-32(2)28(23-5-7-24(8-6-23)31(41)46-4)9-11-33(3)22-38(12-10-29(32)33)26-19-25(20-27(21-26)40(42)43)30-34-36-39(35-30)14-13-37-15-17-47(44,45)18-16-37/h5-10,19-21H,11-18,22H2,1-4H3/t33-/m1/s1. The van der Waals surface area contributed by atoms with Crippen LogP contribution < -0.4 is 4.90 Å². The third-order valence-electron chi connectivity index (χ3n) is 9.67. The molecule has 3 heterocycles. The fraction of sp³-hybridized carbons (Fsp3) is 0.455. The molecule has 1 aliphatic carbocycles. The molecule has 248 valence electrons. The zero-order valence-electron chi connectivity index (χ0n) is 27.0. The fourth-order valence-electron chi connectivity index (χ4n) is 7.18. The number of hydrogen-bond donors (Lipinski definition) is 0. The van der Waals surface area contributed by atoms with Crippen LogP contribution in [0.1, 0.15) is 43.1 Å². The summed E-state index contributed by atoms with van der Waals surface area (Å²) < 4.78 is 28.3. The summed E-state index contributed by atoms with van der Waals surface area (Å²) in [7, 11) is -1.59. The number of non-ortho nitro benzene ring substituents is 1. The van der Waals surface area contributed by atoms with Gasteiger partial charge in [-0.25, -0.2) is 13.2 Å². The van der Waals surface area contributed by atoms with E-state index in [-0.39, 0.29) is 34.0 Å². The van der Waals surface area contributed by atoms with Gasteiger partial charge in [-0.1, -0.05) is 50.6 Å². The van der Waals surface area contributed by atoms with Crippen LogP contribution in [0.15, 0.2) is 60.2 Å². The Labute approximate surface area is 274 Å². The summed E-state index contributed by atoms with van der Waals surface area (Å²) >= 11 is 0. The maximum absolute atomic E-state index is 12.0. The van der Waals surface area contributed by atoms with Gasteiger partial charge < -0.3 is 9.64 Å². The average Bonchev–Trinajstić information content (AvgIpc) is 3.52. The van der Waals surface area contributed by atoms with Crippen LogP contribution in [0.2, 0.25) is 0 Å². The van der Waals surface area contributed by atoms with Crippen molar-refractivity contribution >= 4 is 32.8 Å². The normalized spacial score (nSPS) is 22.2. The Bertz CT molecular complexity index is 1870. The van der Waals surface area contributed by atoms with Crippen LogP contribution in [0.3, 0.4) is 0 Å². The van der Waals surface area contributed by atoms with Gasteiger partial charge in [-0.3, -0.25) is 15.0 Å². The maximum atomic E-state index is 12.0. The molecule has 0 spiro atoms. The quantitative estimate of drug-likeness (QED) is 0.149. The van der Waals surface area contributed by atoms with Crippen LogP contribution in [0.25, 0.3) is 17.0 Å². The molecule has 0 unspecified atom stereocenters. The lowest BCUT2D eigenvalue weighted by molar-refractivity contribution is -0.384. The summed E-state index contributed by atoms with van der Waals surface area (Å²) in [6.07, 6.45) is 5.31. The van der Waals surface area contributed by atoms with Crippen molar-refractivity contribution in [2.75, 3.05) is 56.2 Å². The van der Waals surface area contributed by atoms with E-state index in [4.69, 9.17) is 4.74 Å². The first-order valence-electron chi connectivity index (χ1n) is 15.6. The lowest BCUT2D eigenvalue weighted by Gasteiger charge is -2.51. The zero-order valence-corrected chi connectivity index (χ0v) is 27.9. The Kier molecular flexibility index (Phi) is 8.51. The van der Waals surface area contributed by atoms with Crippen LogP contribution in [0, 0.1) is 20.9 Å². The minimum Gasteiger partial charge on any atom is -0.465 e. The van der Waals surface area contributed by atoms with E-state index in [0.717, 1.165) is 12.0 Å². The minimum absolute atomic E-state index is 0.0511. The SMILES string of the molecule is COC(=O)c1ccc(C2=CC[C@]3(C)CN(c4cc(-c5nnn(CCN6CCS(=O)(=O)CC6)n5)cc([N+](=O)[O-])c4)CC=C3C2(C)C)cc1. The van der Waals surface area contributed by atoms with E-state index in [0.29, 0.717) is 61.9 Å². The molecule has 3 aliphatic rings. The summed E-state index contributed by atoms with van der Waals surface area (Å²) in [6, 6.07) is 12.5. The number of sulfone groups is 1. The van der Waals surface area contributed by atoms with Crippen molar-refractivity contribution in [1.29, 1.82) is 0 Å². The van der Waals surface area contributed by atoms with Gasteiger partial charge in [0, 0.05) is 66.9 Å². The Hall–Kier alpha value is -4.43.